The molecule has 1 aromatic heterocycles. The molecule has 0 spiro atoms. The van der Waals surface area contributed by atoms with Gasteiger partial charge in [-0.25, -0.2) is 0 Å². The van der Waals surface area contributed by atoms with Gasteiger partial charge >= 0.3 is 0 Å². The lowest BCUT2D eigenvalue weighted by molar-refractivity contribution is 0.104. The number of hydrogen-bond acceptors (Lipinski definition) is 2. The van der Waals surface area contributed by atoms with Gasteiger partial charge in [0.25, 0.3) is 0 Å². The van der Waals surface area contributed by atoms with E-state index in [1.54, 1.807) is 42.6 Å². The van der Waals surface area contributed by atoms with Crippen LogP contribution in [0.15, 0.2) is 42.6 Å². The van der Waals surface area contributed by atoms with Crippen molar-refractivity contribution in [2.75, 3.05) is 0 Å². The Labute approximate surface area is 130 Å². The zero-order valence-corrected chi connectivity index (χ0v) is 12.2. The van der Waals surface area contributed by atoms with Gasteiger partial charge < -0.3 is 4.98 Å². The number of carbonyl (C=O) groups is 1. The van der Waals surface area contributed by atoms with Gasteiger partial charge in [-0.1, -0.05) is 29.3 Å². The number of nitrogens with one attached hydrogen (secondary N) is 1. The Balaban J connectivity index is 2.18. The van der Waals surface area contributed by atoms with E-state index in [0.29, 0.717) is 27.1 Å². The SMILES string of the molecule is N#Cc1ccc2[nH]cc(C(=O)c3cccc(Cl)c3Cl)c2c1. The van der Waals surface area contributed by atoms with Gasteiger partial charge in [-0.2, -0.15) is 5.26 Å². The lowest BCUT2D eigenvalue weighted by Crippen LogP contribution is -2.01. The lowest BCUT2D eigenvalue weighted by Gasteiger charge is -2.04. The first-order valence-electron chi connectivity index (χ1n) is 6.12. The Morgan fingerprint density at radius 3 is 2.71 bits per heavy atom. The molecule has 0 amide bonds. The summed E-state index contributed by atoms with van der Waals surface area (Å²) < 4.78 is 0. The molecule has 3 aromatic rings. The van der Waals surface area contributed by atoms with Gasteiger partial charge in [0, 0.05) is 28.2 Å². The van der Waals surface area contributed by atoms with Crippen molar-refractivity contribution in [3.05, 3.63) is 69.3 Å². The first kappa shape index (κ1) is 13.7. The van der Waals surface area contributed by atoms with E-state index < -0.39 is 0 Å². The summed E-state index contributed by atoms with van der Waals surface area (Å²) in [6, 6.07) is 12.1. The second kappa shape index (κ2) is 5.25. The second-order valence-corrected chi connectivity index (χ2v) is 5.29. The number of nitrogens with zero attached hydrogens (tertiary/aromatic N) is 1. The highest BCUT2D eigenvalue weighted by atomic mass is 35.5. The fourth-order valence-corrected chi connectivity index (χ4v) is 2.59. The molecule has 0 saturated carbocycles. The van der Waals surface area contributed by atoms with Gasteiger partial charge in [-0.15, -0.1) is 0 Å². The molecule has 0 aliphatic rings. The minimum absolute atomic E-state index is 0.231. The van der Waals surface area contributed by atoms with Crippen molar-refractivity contribution in [1.29, 1.82) is 5.26 Å². The Morgan fingerprint density at radius 2 is 1.95 bits per heavy atom. The van der Waals surface area contributed by atoms with Crippen molar-refractivity contribution in [3.8, 4) is 6.07 Å². The average molecular weight is 315 g/mol. The summed E-state index contributed by atoms with van der Waals surface area (Å²) in [4.78, 5) is 15.7. The van der Waals surface area contributed by atoms with Crippen LogP contribution in [0, 0.1) is 11.3 Å². The molecule has 0 aliphatic heterocycles. The van der Waals surface area contributed by atoms with E-state index in [4.69, 9.17) is 28.5 Å². The molecule has 102 valence electrons. The van der Waals surface area contributed by atoms with Crippen molar-refractivity contribution >= 4 is 39.9 Å². The van der Waals surface area contributed by atoms with Gasteiger partial charge in [0.1, 0.15) is 0 Å². The number of hydrogen-bond donors (Lipinski definition) is 1. The summed E-state index contributed by atoms with van der Waals surface area (Å²) in [6.45, 7) is 0. The maximum Gasteiger partial charge on any atom is 0.196 e. The Morgan fingerprint density at radius 1 is 1.14 bits per heavy atom. The average Bonchev–Trinajstić information content (AvgIpc) is 2.92. The van der Waals surface area contributed by atoms with Crippen LogP contribution in [0.2, 0.25) is 10.0 Å². The van der Waals surface area contributed by atoms with Crippen LogP contribution in [0.3, 0.4) is 0 Å². The van der Waals surface area contributed by atoms with Crippen LogP contribution in [0.25, 0.3) is 10.9 Å². The molecule has 3 rings (SSSR count). The van der Waals surface area contributed by atoms with Gasteiger partial charge in [-0.3, -0.25) is 4.79 Å². The molecule has 5 heteroatoms. The Bertz CT molecular complexity index is 906. The monoisotopic (exact) mass is 314 g/mol. The molecule has 0 atom stereocenters. The number of fused-ring (bicyclic) bond motifs is 1. The number of aromatic amines is 1. The van der Waals surface area contributed by atoms with Gasteiger partial charge in [-0.05, 0) is 30.3 Å². The van der Waals surface area contributed by atoms with Crippen molar-refractivity contribution in [1.82, 2.24) is 4.98 Å². The molecule has 21 heavy (non-hydrogen) atoms. The molecule has 3 nitrogen and oxygen atoms in total. The van der Waals surface area contributed by atoms with Gasteiger partial charge in [0.15, 0.2) is 5.78 Å². The smallest absolute Gasteiger partial charge is 0.196 e. The standard InChI is InChI=1S/C16H8Cl2N2O/c17-13-3-1-2-10(15(13)18)16(21)12-8-20-14-5-4-9(7-19)6-11(12)14/h1-6,8,20H. The highest BCUT2D eigenvalue weighted by molar-refractivity contribution is 6.44. The van der Waals surface area contributed by atoms with Crippen LogP contribution in [-0.2, 0) is 0 Å². The number of halogens is 2. The first-order valence-corrected chi connectivity index (χ1v) is 6.87. The summed E-state index contributed by atoms with van der Waals surface area (Å²) in [6.07, 6.45) is 1.62. The predicted octanol–water partition coefficient (Wildman–Crippen LogP) is 4.58. The Hall–Kier alpha value is -2.28. The minimum atomic E-state index is -0.233. The van der Waals surface area contributed by atoms with E-state index in [0.717, 1.165) is 5.52 Å². The number of rotatable bonds is 2. The number of nitriles is 1. The number of aromatic nitrogens is 1. The van der Waals surface area contributed by atoms with Crippen molar-refractivity contribution in [3.63, 3.8) is 0 Å². The fraction of sp³-hybridized carbons (Fsp3) is 0. The van der Waals surface area contributed by atoms with E-state index in [1.165, 1.54) is 0 Å². The summed E-state index contributed by atoms with van der Waals surface area (Å²) in [5.41, 5.74) is 2.09. The first-order chi connectivity index (χ1) is 10.1. The van der Waals surface area contributed by atoms with Crippen molar-refractivity contribution in [2.24, 2.45) is 0 Å². The number of H-pyrrole nitrogens is 1. The third-order valence-corrected chi connectivity index (χ3v) is 4.07. The molecule has 0 aliphatic carbocycles. The third-order valence-electron chi connectivity index (χ3n) is 3.25. The maximum absolute atomic E-state index is 12.6. The molecule has 0 radical (unpaired) electrons. The Kier molecular flexibility index (Phi) is 3.42. The maximum atomic E-state index is 12.6. The normalized spacial score (nSPS) is 10.5. The van der Waals surface area contributed by atoms with Crippen molar-refractivity contribution in [2.45, 2.75) is 0 Å². The van der Waals surface area contributed by atoms with E-state index >= 15 is 0 Å². The molecular weight excluding hydrogens is 307 g/mol. The summed E-state index contributed by atoms with van der Waals surface area (Å²) in [5.74, 6) is -0.233. The summed E-state index contributed by atoms with van der Waals surface area (Å²) in [5, 5.41) is 10.2. The number of benzene rings is 2. The zero-order valence-electron chi connectivity index (χ0n) is 10.7. The van der Waals surface area contributed by atoms with Crippen LogP contribution in [-0.4, -0.2) is 10.8 Å². The van der Waals surface area contributed by atoms with Gasteiger partial charge in [0.2, 0.25) is 0 Å². The second-order valence-electron chi connectivity index (χ2n) is 4.51. The molecule has 0 bridgehead atoms. The van der Waals surface area contributed by atoms with Crippen molar-refractivity contribution < 1.29 is 4.79 Å². The lowest BCUT2D eigenvalue weighted by atomic mass is 10.0. The molecule has 0 saturated heterocycles. The van der Waals surface area contributed by atoms with E-state index in [2.05, 4.69) is 11.1 Å². The number of carbonyl (C=O) groups excluding carboxylic acids is 1. The van der Waals surface area contributed by atoms with E-state index in [1.807, 2.05) is 0 Å². The molecule has 2 aromatic carbocycles. The fourth-order valence-electron chi connectivity index (χ4n) is 2.20. The highest BCUT2D eigenvalue weighted by Gasteiger charge is 2.18. The summed E-state index contributed by atoms with van der Waals surface area (Å²) >= 11 is 12.0. The van der Waals surface area contributed by atoms with Crippen LogP contribution in [0.5, 0.6) is 0 Å². The zero-order chi connectivity index (χ0) is 15.0. The minimum Gasteiger partial charge on any atom is -0.360 e. The molecule has 1 heterocycles. The van der Waals surface area contributed by atoms with Crippen LogP contribution in [0.1, 0.15) is 21.5 Å². The number of ketones is 1. The predicted molar refractivity (Wildman–Crippen MR) is 82.9 cm³/mol. The molecule has 0 fully saturated rings. The molecular formula is C16H8Cl2N2O. The van der Waals surface area contributed by atoms with Crippen LogP contribution >= 0.6 is 23.2 Å². The molecule has 0 unspecified atom stereocenters. The van der Waals surface area contributed by atoms with Gasteiger partial charge in [0.05, 0.1) is 21.7 Å². The van der Waals surface area contributed by atoms with Crippen LogP contribution < -0.4 is 0 Å². The largest absolute Gasteiger partial charge is 0.360 e. The topological polar surface area (TPSA) is 56.6 Å². The third kappa shape index (κ3) is 2.29. The highest BCUT2D eigenvalue weighted by Crippen LogP contribution is 2.29. The van der Waals surface area contributed by atoms with E-state index in [-0.39, 0.29) is 10.8 Å². The van der Waals surface area contributed by atoms with E-state index in [9.17, 15) is 4.79 Å². The summed E-state index contributed by atoms with van der Waals surface area (Å²) in [7, 11) is 0. The molecule has 1 N–H and O–H groups in total. The van der Waals surface area contributed by atoms with Crippen LogP contribution in [0.4, 0.5) is 0 Å². The quantitative estimate of drug-likeness (QED) is 0.704.